The number of rotatable bonds is 2. The third-order valence-corrected chi connectivity index (χ3v) is 6.78. The standard InChI is InChI=1S/C24H28N6/c1-4-10-29(11-5-1)23-16-18-8-9-19(17-22(18)25-23)28-12-14-30(15-13-28)24-20-6-2-3-7-21(20)26-27-24/h2-3,6-9,17H,1,4-5,10-16H2,(H,26,27). The average molecular weight is 401 g/mol. The first-order valence-electron chi connectivity index (χ1n) is 11.2. The maximum atomic E-state index is 5.01. The van der Waals surface area contributed by atoms with E-state index in [1.807, 2.05) is 0 Å². The number of piperidine rings is 1. The molecule has 0 bridgehead atoms. The monoisotopic (exact) mass is 400 g/mol. The van der Waals surface area contributed by atoms with Crippen LogP contribution in [-0.2, 0) is 6.42 Å². The van der Waals surface area contributed by atoms with Crippen LogP contribution in [0.2, 0.25) is 0 Å². The Morgan fingerprint density at radius 1 is 0.767 bits per heavy atom. The molecule has 0 saturated carbocycles. The lowest BCUT2D eigenvalue weighted by Crippen LogP contribution is -2.46. The van der Waals surface area contributed by atoms with Crippen LogP contribution in [0.1, 0.15) is 24.8 Å². The molecule has 2 aromatic carbocycles. The van der Waals surface area contributed by atoms with Gasteiger partial charge in [-0.2, -0.15) is 5.10 Å². The van der Waals surface area contributed by atoms with E-state index in [1.54, 1.807) is 0 Å². The van der Waals surface area contributed by atoms with Crippen molar-refractivity contribution in [1.82, 2.24) is 15.1 Å². The third kappa shape index (κ3) is 3.11. The maximum Gasteiger partial charge on any atom is 0.158 e. The van der Waals surface area contributed by atoms with Gasteiger partial charge in [0.15, 0.2) is 5.82 Å². The van der Waals surface area contributed by atoms with Crippen LogP contribution in [0.4, 0.5) is 17.2 Å². The van der Waals surface area contributed by atoms with Crippen molar-refractivity contribution in [2.45, 2.75) is 25.7 Å². The fourth-order valence-electron chi connectivity index (χ4n) is 5.05. The van der Waals surface area contributed by atoms with Gasteiger partial charge >= 0.3 is 0 Å². The third-order valence-electron chi connectivity index (χ3n) is 6.78. The summed E-state index contributed by atoms with van der Waals surface area (Å²) in [5.74, 6) is 2.35. The fraction of sp³-hybridized carbons (Fsp3) is 0.417. The van der Waals surface area contributed by atoms with E-state index in [2.05, 4.69) is 67.4 Å². The van der Waals surface area contributed by atoms with Gasteiger partial charge in [-0.1, -0.05) is 18.2 Å². The van der Waals surface area contributed by atoms with Crippen molar-refractivity contribution in [3.63, 3.8) is 0 Å². The Morgan fingerprint density at radius 3 is 2.43 bits per heavy atom. The molecule has 3 aliphatic heterocycles. The minimum absolute atomic E-state index is 0.980. The number of aliphatic imine (C=N–C) groups is 1. The lowest BCUT2D eigenvalue weighted by molar-refractivity contribution is 0.339. The van der Waals surface area contributed by atoms with Crippen molar-refractivity contribution in [1.29, 1.82) is 0 Å². The summed E-state index contributed by atoms with van der Waals surface area (Å²) in [6.45, 7) is 6.31. The molecule has 6 rings (SSSR count). The van der Waals surface area contributed by atoms with E-state index in [-0.39, 0.29) is 0 Å². The van der Waals surface area contributed by atoms with Crippen LogP contribution in [-0.4, -0.2) is 60.2 Å². The van der Waals surface area contributed by atoms with E-state index in [4.69, 9.17) is 4.99 Å². The van der Waals surface area contributed by atoms with E-state index in [9.17, 15) is 0 Å². The molecule has 0 amide bonds. The highest BCUT2D eigenvalue weighted by Gasteiger charge is 2.24. The number of aromatic nitrogens is 2. The van der Waals surface area contributed by atoms with Crippen LogP contribution in [0.25, 0.3) is 10.9 Å². The molecule has 30 heavy (non-hydrogen) atoms. The van der Waals surface area contributed by atoms with Gasteiger partial charge in [0.1, 0.15) is 5.84 Å². The van der Waals surface area contributed by atoms with Gasteiger partial charge in [0, 0.05) is 56.8 Å². The Bertz CT molecular complexity index is 1090. The van der Waals surface area contributed by atoms with Gasteiger partial charge in [0.05, 0.1) is 11.2 Å². The van der Waals surface area contributed by atoms with E-state index in [1.165, 1.54) is 60.5 Å². The smallest absolute Gasteiger partial charge is 0.158 e. The van der Waals surface area contributed by atoms with Crippen molar-refractivity contribution in [3.05, 3.63) is 48.0 Å². The molecule has 154 valence electrons. The number of benzene rings is 2. The molecule has 3 aliphatic rings. The summed E-state index contributed by atoms with van der Waals surface area (Å²) in [5, 5.41) is 8.95. The molecule has 1 aromatic heterocycles. The number of likely N-dealkylation sites (tertiary alicyclic amines) is 1. The Hall–Kier alpha value is -3.02. The first-order chi connectivity index (χ1) is 14.8. The van der Waals surface area contributed by atoms with Gasteiger partial charge in [-0.3, -0.25) is 5.10 Å². The molecule has 3 aromatic rings. The highest BCUT2D eigenvalue weighted by atomic mass is 15.3. The number of amidine groups is 1. The number of hydrogen-bond acceptors (Lipinski definition) is 5. The number of anilines is 2. The SMILES string of the molecule is c1ccc2c(N3CCN(c4ccc5c(c4)N=C(N4CCCCC4)C5)CC3)n[nH]c2c1. The summed E-state index contributed by atoms with van der Waals surface area (Å²) < 4.78 is 0. The molecule has 6 heteroatoms. The van der Waals surface area contributed by atoms with Gasteiger partial charge in [-0.25, -0.2) is 4.99 Å². The second-order valence-electron chi connectivity index (χ2n) is 8.63. The van der Waals surface area contributed by atoms with E-state index < -0.39 is 0 Å². The summed E-state index contributed by atoms with van der Waals surface area (Å²) in [6, 6.07) is 15.2. The molecule has 0 atom stereocenters. The predicted octanol–water partition coefficient (Wildman–Crippen LogP) is 3.96. The molecule has 4 heterocycles. The highest BCUT2D eigenvalue weighted by Crippen LogP contribution is 2.33. The van der Waals surface area contributed by atoms with Crippen LogP contribution in [0.5, 0.6) is 0 Å². The van der Waals surface area contributed by atoms with Crippen LogP contribution >= 0.6 is 0 Å². The fourth-order valence-corrected chi connectivity index (χ4v) is 5.05. The van der Waals surface area contributed by atoms with Crippen molar-refractivity contribution in [2.75, 3.05) is 49.1 Å². The van der Waals surface area contributed by atoms with Gasteiger partial charge < -0.3 is 14.7 Å². The lowest BCUT2D eigenvalue weighted by atomic mass is 10.1. The zero-order valence-electron chi connectivity index (χ0n) is 17.3. The van der Waals surface area contributed by atoms with E-state index in [0.717, 1.165) is 43.9 Å². The summed E-state index contributed by atoms with van der Waals surface area (Å²) >= 11 is 0. The van der Waals surface area contributed by atoms with Gasteiger partial charge in [-0.05, 0) is 49.1 Å². The molecule has 0 radical (unpaired) electrons. The molecule has 6 nitrogen and oxygen atoms in total. The van der Waals surface area contributed by atoms with Crippen molar-refractivity contribution in [3.8, 4) is 0 Å². The molecule has 1 N–H and O–H groups in total. The number of para-hydroxylation sites is 1. The second kappa shape index (κ2) is 7.35. The molecule has 0 aliphatic carbocycles. The van der Waals surface area contributed by atoms with E-state index in [0.29, 0.717) is 0 Å². The van der Waals surface area contributed by atoms with E-state index >= 15 is 0 Å². The predicted molar refractivity (Wildman–Crippen MR) is 123 cm³/mol. The Kier molecular flexibility index (Phi) is 4.36. The average Bonchev–Trinajstić information content (AvgIpc) is 3.44. The summed E-state index contributed by atoms with van der Waals surface area (Å²) in [5.41, 5.74) is 4.95. The number of fused-ring (bicyclic) bond motifs is 2. The Morgan fingerprint density at radius 2 is 1.57 bits per heavy atom. The van der Waals surface area contributed by atoms with Crippen molar-refractivity contribution < 1.29 is 0 Å². The minimum Gasteiger partial charge on any atom is -0.368 e. The van der Waals surface area contributed by atoms with Crippen molar-refractivity contribution in [2.24, 2.45) is 4.99 Å². The first kappa shape index (κ1) is 17.8. The number of nitrogens with zero attached hydrogens (tertiary/aromatic N) is 5. The van der Waals surface area contributed by atoms with Crippen molar-refractivity contribution >= 4 is 33.9 Å². The molecule has 2 saturated heterocycles. The maximum absolute atomic E-state index is 5.01. The zero-order chi connectivity index (χ0) is 19.9. The summed E-state index contributed by atoms with van der Waals surface area (Å²) in [7, 11) is 0. The molecule has 2 fully saturated rings. The van der Waals surface area contributed by atoms with Crippen LogP contribution in [0.3, 0.4) is 0 Å². The number of H-pyrrole nitrogens is 1. The number of aromatic amines is 1. The van der Waals surface area contributed by atoms with Crippen LogP contribution in [0.15, 0.2) is 47.5 Å². The molecule has 0 spiro atoms. The Balaban J connectivity index is 1.16. The highest BCUT2D eigenvalue weighted by molar-refractivity contribution is 5.93. The number of nitrogens with one attached hydrogen (secondary N) is 1. The molecular weight excluding hydrogens is 372 g/mol. The molecule has 0 unspecified atom stereocenters. The number of piperazine rings is 1. The molecular formula is C24H28N6. The minimum atomic E-state index is 0.980. The quantitative estimate of drug-likeness (QED) is 0.707. The first-order valence-corrected chi connectivity index (χ1v) is 11.2. The van der Waals surface area contributed by atoms with Gasteiger partial charge in [0.25, 0.3) is 0 Å². The normalized spacial score (nSPS) is 19.3. The second-order valence-corrected chi connectivity index (χ2v) is 8.63. The van der Waals surface area contributed by atoms with Crippen LogP contribution < -0.4 is 9.80 Å². The lowest BCUT2D eigenvalue weighted by Gasteiger charge is -2.36. The summed E-state index contributed by atoms with van der Waals surface area (Å²) in [6.07, 6.45) is 4.96. The van der Waals surface area contributed by atoms with Gasteiger partial charge in [0.2, 0.25) is 0 Å². The number of hydrogen-bond donors (Lipinski definition) is 1. The summed E-state index contributed by atoms with van der Waals surface area (Å²) in [4.78, 5) is 12.4. The zero-order valence-corrected chi connectivity index (χ0v) is 17.3. The van der Waals surface area contributed by atoms with Crippen LogP contribution in [0, 0.1) is 0 Å². The topological polar surface area (TPSA) is 50.8 Å². The largest absolute Gasteiger partial charge is 0.368 e. The van der Waals surface area contributed by atoms with Gasteiger partial charge in [-0.15, -0.1) is 0 Å². The Labute approximate surface area is 177 Å².